The second kappa shape index (κ2) is 5.12. The van der Waals surface area contributed by atoms with E-state index < -0.39 is 12.0 Å². The molecule has 12 heavy (non-hydrogen) atoms. The molecule has 5 nitrogen and oxygen atoms in total. The third-order valence-electron chi connectivity index (χ3n) is 1.30. The number of carboxylic acid groups (broad SMARTS) is 1. The molecule has 1 aromatic rings. The number of imidazole rings is 1. The number of aliphatic carboxylic acids is 1. The predicted molar refractivity (Wildman–Crippen MR) is 46.4 cm³/mol. The summed E-state index contributed by atoms with van der Waals surface area (Å²) in [5.74, 6) is -1.01. The lowest BCUT2D eigenvalue weighted by Gasteiger charge is -2.01. The zero-order chi connectivity index (χ0) is 8.27. The van der Waals surface area contributed by atoms with Crippen molar-refractivity contribution in [2.45, 2.75) is 12.5 Å². The second-order valence-corrected chi connectivity index (χ2v) is 2.21. The Bertz CT molecular complexity index is 237. The highest BCUT2D eigenvalue weighted by molar-refractivity contribution is 5.75. The van der Waals surface area contributed by atoms with Gasteiger partial charge in [0.05, 0.1) is 12.0 Å². The molecule has 0 bridgehead atoms. The molecule has 0 saturated carbocycles. The molecule has 6 heteroatoms. The fourth-order valence-electron chi connectivity index (χ4n) is 0.715. The molecule has 0 aliphatic rings. The van der Waals surface area contributed by atoms with E-state index in [2.05, 4.69) is 9.97 Å². The standard InChI is InChI=1S/C6H9N3O2.Mg.2H/c7-5(6(10)11)1-4-2-8-3-9-4;;;/h2-3,5H,1,7H2,(H,8,9)(H,10,11);;;. The number of rotatable bonds is 3. The lowest BCUT2D eigenvalue weighted by atomic mass is 10.2. The zero-order valence-corrected chi connectivity index (χ0v) is 5.82. The summed E-state index contributed by atoms with van der Waals surface area (Å²) in [7, 11) is 0. The van der Waals surface area contributed by atoms with Crippen LogP contribution in [-0.2, 0) is 11.2 Å². The Hall–Kier alpha value is -0.594. The number of aromatic nitrogens is 2. The molecule has 1 rings (SSSR count). The van der Waals surface area contributed by atoms with Gasteiger partial charge >= 0.3 is 29.0 Å². The van der Waals surface area contributed by atoms with E-state index in [-0.39, 0.29) is 29.5 Å². The van der Waals surface area contributed by atoms with Crippen molar-refractivity contribution < 1.29 is 9.90 Å². The first-order chi connectivity index (χ1) is 5.20. The molecule has 0 fully saturated rings. The van der Waals surface area contributed by atoms with Gasteiger partial charge in [-0.3, -0.25) is 4.79 Å². The molecule has 0 radical (unpaired) electrons. The number of carboxylic acids is 1. The highest BCUT2D eigenvalue weighted by Crippen LogP contribution is 1.95. The van der Waals surface area contributed by atoms with Crippen LogP contribution in [0, 0.1) is 0 Å². The number of nitrogens with one attached hydrogen (secondary N) is 1. The van der Waals surface area contributed by atoms with Gasteiger partial charge in [0.2, 0.25) is 0 Å². The van der Waals surface area contributed by atoms with E-state index in [9.17, 15) is 4.79 Å². The largest absolute Gasteiger partial charge is 0.480 e. The lowest BCUT2D eigenvalue weighted by molar-refractivity contribution is -0.138. The van der Waals surface area contributed by atoms with Crippen molar-refractivity contribution in [3.63, 3.8) is 0 Å². The van der Waals surface area contributed by atoms with Crippen LogP contribution in [0.3, 0.4) is 0 Å². The van der Waals surface area contributed by atoms with Crippen LogP contribution < -0.4 is 5.73 Å². The topological polar surface area (TPSA) is 92.0 Å². The Morgan fingerprint density at radius 3 is 2.92 bits per heavy atom. The van der Waals surface area contributed by atoms with E-state index in [0.29, 0.717) is 5.69 Å². The first-order valence-electron chi connectivity index (χ1n) is 3.16. The van der Waals surface area contributed by atoms with Gasteiger partial charge in [-0.15, -0.1) is 0 Å². The third kappa shape index (κ3) is 3.20. The number of hydrogen-bond donors (Lipinski definition) is 3. The van der Waals surface area contributed by atoms with Crippen LogP contribution in [0.4, 0.5) is 0 Å². The van der Waals surface area contributed by atoms with Gasteiger partial charge in [-0.2, -0.15) is 0 Å². The SMILES string of the molecule is NC(Cc1c[nH]cn1)C(=O)O.[MgH2]. The summed E-state index contributed by atoms with van der Waals surface area (Å²) in [4.78, 5) is 16.8. The van der Waals surface area contributed by atoms with E-state index in [0.717, 1.165) is 0 Å². The molecule has 64 valence electrons. The van der Waals surface area contributed by atoms with Gasteiger partial charge in [-0.05, 0) is 0 Å². The molecule has 4 N–H and O–H groups in total. The fraction of sp³-hybridized carbons (Fsp3) is 0.333. The van der Waals surface area contributed by atoms with Crippen LogP contribution in [0.25, 0.3) is 0 Å². The summed E-state index contributed by atoms with van der Waals surface area (Å²) in [6.45, 7) is 0. The Labute approximate surface area is 85.5 Å². The first-order valence-corrected chi connectivity index (χ1v) is 3.16. The highest BCUT2D eigenvalue weighted by atomic mass is 24.3. The van der Waals surface area contributed by atoms with E-state index in [1.54, 1.807) is 6.20 Å². The van der Waals surface area contributed by atoms with Crippen LogP contribution in [0.15, 0.2) is 12.5 Å². The van der Waals surface area contributed by atoms with Crippen molar-refractivity contribution in [3.8, 4) is 0 Å². The quantitative estimate of drug-likeness (QED) is 0.492. The van der Waals surface area contributed by atoms with Crippen LogP contribution in [0.2, 0.25) is 0 Å². The van der Waals surface area contributed by atoms with Gasteiger partial charge in [0.25, 0.3) is 0 Å². The van der Waals surface area contributed by atoms with Crippen LogP contribution in [0.1, 0.15) is 5.69 Å². The summed E-state index contributed by atoms with van der Waals surface area (Å²) >= 11 is 0. The van der Waals surface area contributed by atoms with Crippen molar-refractivity contribution in [2.75, 3.05) is 0 Å². The smallest absolute Gasteiger partial charge is 0.320 e. The van der Waals surface area contributed by atoms with Crippen molar-refractivity contribution in [2.24, 2.45) is 5.73 Å². The minimum absolute atomic E-state index is 0. The molecular formula is C6H11MgN3O2. The van der Waals surface area contributed by atoms with E-state index in [1.165, 1.54) is 6.33 Å². The molecule has 0 saturated heterocycles. The first kappa shape index (κ1) is 11.4. The monoisotopic (exact) mass is 181 g/mol. The minimum atomic E-state index is -1.01. The van der Waals surface area contributed by atoms with Crippen molar-refractivity contribution >= 4 is 29.0 Å². The van der Waals surface area contributed by atoms with Gasteiger partial charge in [-0.25, -0.2) is 4.98 Å². The average Bonchev–Trinajstić information content (AvgIpc) is 2.39. The highest BCUT2D eigenvalue weighted by Gasteiger charge is 2.12. The summed E-state index contributed by atoms with van der Waals surface area (Å²) in [5.41, 5.74) is 5.92. The maximum atomic E-state index is 10.3. The molecule has 0 aliphatic carbocycles. The van der Waals surface area contributed by atoms with E-state index in [1.807, 2.05) is 0 Å². The second-order valence-electron chi connectivity index (χ2n) is 2.21. The molecule has 1 heterocycles. The number of nitrogens with zero attached hydrogens (tertiary/aromatic N) is 1. The molecule has 1 aromatic heterocycles. The van der Waals surface area contributed by atoms with Crippen molar-refractivity contribution in [1.82, 2.24) is 9.97 Å². The Kier molecular flexibility index (Phi) is 4.87. The Morgan fingerprint density at radius 2 is 2.50 bits per heavy atom. The molecule has 1 atom stereocenters. The third-order valence-corrected chi connectivity index (χ3v) is 1.30. The molecule has 0 amide bonds. The van der Waals surface area contributed by atoms with Gasteiger partial charge < -0.3 is 15.8 Å². The maximum absolute atomic E-state index is 10.3. The number of hydrogen-bond acceptors (Lipinski definition) is 3. The summed E-state index contributed by atoms with van der Waals surface area (Å²) in [6, 6.07) is -0.863. The van der Waals surface area contributed by atoms with E-state index >= 15 is 0 Å². The minimum Gasteiger partial charge on any atom is -0.480 e. The van der Waals surface area contributed by atoms with Crippen LogP contribution in [0.5, 0.6) is 0 Å². The summed E-state index contributed by atoms with van der Waals surface area (Å²) in [5, 5.41) is 8.42. The van der Waals surface area contributed by atoms with Crippen LogP contribution >= 0.6 is 0 Å². The lowest BCUT2D eigenvalue weighted by Crippen LogP contribution is -2.32. The molecule has 0 spiro atoms. The van der Waals surface area contributed by atoms with Gasteiger partial charge in [-0.1, -0.05) is 0 Å². The van der Waals surface area contributed by atoms with Gasteiger partial charge in [0.15, 0.2) is 0 Å². The van der Waals surface area contributed by atoms with Gasteiger partial charge in [0.1, 0.15) is 6.04 Å². The molecule has 0 aromatic carbocycles. The van der Waals surface area contributed by atoms with Crippen molar-refractivity contribution in [1.29, 1.82) is 0 Å². The fourth-order valence-corrected chi connectivity index (χ4v) is 0.715. The van der Waals surface area contributed by atoms with E-state index in [4.69, 9.17) is 10.8 Å². The molecular weight excluding hydrogens is 170 g/mol. The number of H-pyrrole nitrogens is 1. The Balaban J connectivity index is 0.00000121. The number of nitrogens with two attached hydrogens (primary N) is 1. The number of carbonyl (C=O) groups is 1. The normalized spacial score (nSPS) is 11.8. The zero-order valence-electron chi connectivity index (χ0n) is 5.82. The predicted octanol–water partition coefficient (Wildman–Crippen LogP) is -1.55. The summed E-state index contributed by atoms with van der Waals surface area (Å²) < 4.78 is 0. The molecule has 1 unspecified atom stereocenters. The molecule has 0 aliphatic heterocycles. The number of aromatic amines is 1. The van der Waals surface area contributed by atoms with Crippen LogP contribution in [-0.4, -0.2) is 50.1 Å². The Morgan fingerprint density at radius 1 is 1.83 bits per heavy atom. The average molecular weight is 181 g/mol. The van der Waals surface area contributed by atoms with Crippen molar-refractivity contribution in [3.05, 3.63) is 18.2 Å². The van der Waals surface area contributed by atoms with Gasteiger partial charge in [0, 0.05) is 12.6 Å². The maximum Gasteiger partial charge on any atom is 0.320 e. The summed E-state index contributed by atoms with van der Waals surface area (Å²) in [6.07, 6.45) is 3.38.